The highest BCUT2D eigenvalue weighted by molar-refractivity contribution is 6.31. The lowest BCUT2D eigenvalue weighted by Crippen LogP contribution is -2.36. The number of nitrogens with one attached hydrogen (secondary N) is 1. The fourth-order valence-corrected chi connectivity index (χ4v) is 3.96. The molecule has 3 rings (SSSR count). The molecule has 144 valence electrons. The summed E-state index contributed by atoms with van der Waals surface area (Å²) in [7, 11) is 2.05. The number of aryl methyl sites for hydroxylation is 1. The van der Waals surface area contributed by atoms with E-state index in [0.717, 1.165) is 41.8 Å². The molecule has 1 N–H and O–H groups in total. The predicted molar refractivity (Wildman–Crippen MR) is 111 cm³/mol. The minimum Gasteiger partial charge on any atom is -0.319 e. The number of hydrogen-bond acceptors (Lipinski definition) is 3. The normalized spacial score (nSPS) is 15.8. The first kappa shape index (κ1) is 21.2. The zero-order chi connectivity index (χ0) is 17.8. The van der Waals surface area contributed by atoms with Crippen LogP contribution in [0, 0.1) is 19.8 Å². The number of halogens is 2. The Morgan fingerprint density at radius 3 is 2.50 bits per heavy atom. The molecule has 2 aromatic rings. The van der Waals surface area contributed by atoms with Crippen molar-refractivity contribution in [1.29, 1.82) is 0 Å². The van der Waals surface area contributed by atoms with Crippen molar-refractivity contribution in [3.8, 4) is 0 Å². The van der Waals surface area contributed by atoms with Crippen LogP contribution in [0.25, 0.3) is 0 Å². The second kappa shape index (κ2) is 9.75. The summed E-state index contributed by atoms with van der Waals surface area (Å²) in [6.45, 7) is 9.55. The van der Waals surface area contributed by atoms with Gasteiger partial charge in [-0.3, -0.25) is 9.58 Å². The van der Waals surface area contributed by atoms with Crippen LogP contribution in [0.15, 0.2) is 24.3 Å². The van der Waals surface area contributed by atoms with Gasteiger partial charge in [0.05, 0.1) is 12.2 Å². The summed E-state index contributed by atoms with van der Waals surface area (Å²) in [4.78, 5) is 2.57. The second-order valence-corrected chi connectivity index (χ2v) is 7.58. The minimum atomic E-state index is 0. The van der Waals surface area contributed by atoms with Crippen molar-refractivity contribution in [3.05, 3.63) is 51.8 Å². The molecule has 6 heteroatoms. The number of nitrogens with zero attached hydrogens (tertiary/aromatic N) is 3. The number of rotatable bonds is 6. The largest absolute Gasteiger partial charge is 0.319 e. The van der Waals surface area contributed by atoms with Crippen LogP contribution in [0.1, 0.15) is 35.4 Å². The van der Waals surface area contributed by atoms with Gasteiger partial charge in [0, 0.05) is 22.8 Å². The summed E-state index contributed by atoms with van der Waals surface area (Å²) in [6.07, 6.45) is 2.57. The Balaban J connectivity index is 0.00000243. The van der Waals surface area contributed by atoms with Crippen molar-refractivity contribution in [1.82, 2.24) is 20.0 Å². The van der Waals surface area contributed by atoms with E-state index in [-0.39, 0.29) is 12.4 Å². The van der Waals surface area contributed by atoms with E-state index in [1.807, 2.05) is 25.2 Å². The Bertz CT molecular complexity index is 706. The molecule has 0 aliphatic carbocycles. The summed E-state index contributed by atoms with van der Waals surface area (Å²) >= 11 is 6.31. The summed E-state index contributed by atoms with van der Waals surface area (Å²) in [5, 5.41) is 8.89. The molecule has 0 saturated carbocycles. The van der Waals surface area contributed by atoms with Gasteiger partial charge in [0.25, 0.3) is 0 Å². The van der Waals surface area contributed by atoms with Crippen LogP contribution in [0.2, 0.25) is 5.02 Å². The van der Waals surface area contributed by atoms with Gasteiger partial charge in [0.2, 0.25) is 0 Å². The first-order valence-electron chi connectivity index (χ1n) is 9.21. The third-order valence-corrected chi connectivity index (χ3v) is 5.76. The van der Waals surface area contributed by atoms with E-state index in [4.69, 9.17) is 16.7 Å². The maximum atomic E-state index is 6.31. The summed E-state index contributed by atoms with van der Waals surface area (Å²) in [6, 6.07) is 8.02. The van der Waals surface area contributed by atoms with Gasteiger partial charge >= 0.3 is 0 Å². The molecule has 26 heavy (non-hydrogen) atoms. The average Bonchev–Trinajstić information content (AvgIpc) is 2.86. The van der Waals surface area contributed by atoms with Crippen molar-refractivity contribution < 1.29 is 0 Å². The molecule has 0 unspecified atom stereocenters. The van der Waals surface area contributed by atoms with E-state index in [1.54, 1.807) is 0 Å². The molecular formula is C20H30Cl2N4. The van der Waals surface area contributed by atoms with E-state index >= 15 is 0 Å². The van der Waals surface area contributed by atoms with Gasteiger partial charge in [0.15, 0.2) is 0 Å². The van der Waals surface area contributed by atoms with Crippen LogP contribution in [0.5, 0.6) is 0 Å². The minimum absolute atomic E-state index is 0. The van der Waals surface area contributed by atoms with Crippen LogP contribution < -0.4 is 5.32 Å². The lowest BCUT2D eigenvalue weighted by Gasteiger charge is -2.31. The van der Waals surface area contributed by atoms with Crippen LogP contribution in [0.4, 0.5) is 0 Å². The molecule has 0 bridgehead atoms. The van der Waals surface area contributed by atoms with Gasteiger partial charge in [-0.1, -0.05) is 29.8 Å². The summed E-state index contributed by atoms with van der Waals surface area (Å²) < 4.78 is 2.10. The van der Waals surface area contributed by atoms with E-state index in [9.17, 15) is 0 Å². The maximum absolute atomic E-state index is 6.31. The highest BCUT2D eigenvalue weighted by Crippen LogP contribution is 2.23. The highest BCUT2D eigenvalue weighted by atomic mass is 35.5. The van der Waals surface area contributed by atoms with E-state index in [1.165, 1.54) is 37.2 Å². The third kappa shape index (κ3) is 5.01. The van der Waals surface area contributed by atoms with Gasteiger partial charge in [-0.2, -0.15) is 5.10 Å². The molecule has 1 aromatic carbocycles. The first-order valence-corrected chi connectivity index (χ1v) is 9.59. The Morgan fingerprint density at radius 1 is 1.15 bits per heavy atom. The number of aromatic nitrogens is 2. The molecular weight excluding hydrogens is 367 g/mol. The van der Waals surface area contributed by atoms with Crippen molar-refractivity contribution in [2.24, 2.45) is 5.92 Å². The zero-order valence-electron chi connectivity index (χ0n) is 16.0. The molecule has 1 saturated heterocycles. The lowest BCUT2D eigenvalue weighted by atomic mass is 9.96. The van der Waals surface area contributed by atoms with Crippen molar-refractivity contribution in [2.45, 2.75) is 39.8 Å². The Hall–Kier alpha value is -1.07. The van der Waals surface area contributed by atoms with E-state index in [0.29, 0.717) is 0 Å². The summed E-state index contributed by atoms with van der Waals surface area (Å²) in [5.41, 5.74) is 4.89. The van der Waals surface area contributed by atoms with Crippen LogP contribution in [-0.2, 0) is 13.1 Å². The molecule has 0 spiro atoms. The number of likely N-dealkylation sites (tertiary alicyclic amines) is 1. The third-order valence-electron chi connectivity index (χ3n) is 5.39. The van der Waals surface area contributed by atoms with Gasteiger partial charge < -0.3 is 5.32 Å². The average molecular weight is 397 g/mol. The SMILES string of the molecule is CNCC1CCN(Cc2c(C)nn(Cc3ccccc3Cl)c2C)CC1.Cl. The highest BCUT2D eigenvalue weighted by Gasteiger charge is 2.21. The van der Waals surface area contributed by atoms with Gasteiger partial charge in [-0.25, -0.2) is 0 Å². The molecule has 4 nitrogen and oxygen atoms in total. The Kier molecular flexibility index (Phi) is 7.96. The molecule has 2 heterocycles. The number of hydrogen-bond donors (Lipinski definition) is 1. The first-order chi connectivity index (χ1) is 12.1. The second-order valence-electron chi connectivity index (χ2n) is 7.18. The molecule has 1 aliphatic heterocycles. The monoisotopic (exact) mass is 396 g/mol. The van der Waals surface area contributed by atoms with Crippen LogP contribution in [-0.4, -0.2) is 41.4 Å². The summed E-state index contributed by atoms with van der Waals surface area (Å²) in [5.74, 6) is 0.825. The predicted octanol–water partition coefficient (Wildman–Crippen LogP) is 4.05. The van der Waals surface area contributed by atoms with Crippen LogP contribution in [0.3, 0.4) is 0 Å². The zero-order valence-corrected chi connectivity index (χ0v) is 17.5. The molecule has 1 fully saturated rings. The van der Waals surface area contributed by atoms with Crippen LogP contribution >= 0.6 is 24.0 Å². The fourth-order valence-electron chi connectivity index (χ4n) is 3.77. The lowest BCUT2D eigenvalue weighted by molar-refractivity contribution is 0.176. The number of piperidine rings is 1. The number of benzene rings is 1. The molecule has 1 aromatic heterocycles. The molecule has 0 radical (unpaired) electrons. The van der Waals surface area contributed by atoms with Gasteiger partial charge in [-0.05, 0) is 70.9 Å². The fraction of sp³-hybridized carbons (Fsp3) is 0.550. The van der Waals surface area contributed by atoms with Gasteiger partial charge in [-0.15, -0.1) is 12.4 Å². The van der Waals surface area contributed by atoms with Crippen molar-refractivity contribution in [3.63, 3.8) is 0 Å². The smallest absolute Gasteiger partial charge is 0.0677 e. The van der Waals surface area contributed by atoms with Crippen molar-refractivity contribution in [2.75, 3.05) is 26.7 Å². The quantitative estimate of drug-likeness (QED) is 0.798. The molecule has 0 atom stereocenters. The molecule has 0 amide bonds. The van der Waals surface area contributed by atoms with E-state index < -0.39 is 0 Å². The van der Waals surface area contributed by atoms with E-state index in [2.05, 4.69) is 34.8 Å². The maximum Gasteiger partial charge on any atom is 0.0677 e. The Morgan fingerprint density at radius 2 is 1.85 bits per heavy atom. The molecule has 1 aliphatic rings. The topological polar surface area (TPSA) is 33.1 Å². The van der Waals surface area contributed by atoms with Gasteiger partial charge in [0.1, 0.15) is 0 Å². The Labute approximate surface area is 168 Å². The van der Waals surface area contributed by atoms with Crippen molar-refractivity contribution >= 4 is 24.0 Å². The standard InChI is InChI=1S/C20H29ClN4.ClH/c1-15-19(14-24-10-8-17(9-11-24)12-22-3)16(2)25(23-15)13-18-6-4-5-7-20(18)21;/h4-7,17,22H,8-14H2,1-3H3;1H.